The number of carboxylic acid groups (broad SMARTS) is 1. The van der Waals surface area contributed by atoms with E-state index in [9.17, 15) is 10.1 Å². The van der Waals surface area contributed by atoms with Gasteiger partial charge in [0.2, 0.25) is 0 Å². The Morgan fingerprint density at radius 1 is 1.58 bits per heavy atom. The third kappa shape index (κ3) is 3.09. The molecule has 0 spiro atoms. The first-order valence-electron chi connectivity index (χ1n) is 5.94. The highest BCUT2D eigenvalue weighted by molar-refractivity contribution is 7.99. The second-order valence-electron chi connectivity index (χ2n) is 4.35. The molecule has 0 aromatic carbocycles. The number of carboxylic acids is 1. The molecule has 5 heteroatoms. The van der Waals surface area contributed by atoms with Crippen LogP contribution in [0.4, 0.5) is 0 Å². The predicted octanol–water partition coefficient (Wildman–Crippen LogP) is 2.91. The number of nitrogens with zero attached hydrogens (tertiary/aromatic N) is 2. The molecule has 0 radical (unpaired) electrons. The topological polar surface area (TPSA) is 65.5 Å². The van der Waals surface area contributed by atoms with E-state index >= 15 is 0 Å². The standard InChI is InChI=1S/C14H14N2O2S/c1-10(6-14(17)18)19-9-11-8-16-5-3-2-4-13(16)12(11)7-15/h2-5,8,10H,6,9H2,1H3,(H,17,18). The number of thioether (sulfide) groups is 1. The lowest BCUT2D eigenvalue weighted by molar-refractivity contribution is -0.136. The van der Waals surface area contributed by atoms with Gasteiger partial charge in [0.05, 0.1) is 17.5 Å². The summed E-state index contributed by atoms with van der Waals surface area (Å²) in [7, 11) is 0. The lowest BCUT2D eigenvalue weighted by Gasteiger charge is -2.07. The maximum atomic E-state index is 10.6. The molecule has 0 fully saturated rings. The molecule has 0 amide bonds. The Kier molecular flexibility index (Phi) is 4.13. The molecule has 2 aromatic heterocycles. The molecule has 0 bridgehead atoms. The van der Waals surface area contributed by atoms with Gasteiger partial charge in [0.25, 0.3) is 0 Å². The Morgan fingerprint density at radius 3 is 3.05 bits per heavy atom. The van der Waals surface area contributed by atoms with Crippen LogP contribution in [0.25, 0.3) is 5.52 Å². The molecule has 1 unspecified atom stereocenters. The molecule has 0 aliphatic heterocycles. The number of nitriles is 1. The van der Waals surface area contributed by atoms with Crippen LogP contribution in [-0.2, 0) is 10.5 Å². The first-order valence-corrected chi connectivity index (χ1v) is 6.98. The summed E-state index contributed by atoms with van der Waals surface area (Å²) < 4.78 is 1.93. The third-order valence-electron chi connectivity index (χ3n) is 2.86. The molecule has 1 N–H and O–H groups in total. The highest BCUT2D eigenvalue weighted by Crippen LogP contribution is 2.25. The van der Waals surface area contributed by atoms with Gasteiger partial charge in [-0.15, -0.1) is 0 Å². The third-order valence-corrected chi connectivity index (χ3v) is 4.07. The molecule has 0 aliphatic carbocycles. The fourth-order valence-corrected chi connectivity index (χ4v) is 2.90. The summed E-state index contributed by atoms with van der Waals surface area (Å²) in [5, 5.41) is 18.0. The van der Waals surface area contributed by atoms with Crippen LogP contribution in [0.15, 0.2) is 30.6 Å². The van der Waals surface area contributed by atoms with E-state index in [0.717, 1.165) is 11.1 Å². The zero-order valence-corrected chi connectivity index (χ0v) is 11.4. The van der Waals surface area contributed by atoms with E-state index in [1.165, 1.54) is 0 Å². The van der Waals surface area contributed by atoms with Gasteiger partial charge in [-0.05, 0) is 17.7 Å². The molecular weight excluding hydrogens is 260 g/mol. The fraction of sp³-hybridized carbons (Fsp3) is 0.286. The van der Waals surface area contributed by atoms with Gasteiger partial charge in [0.1, 0.15) is 6.07 Å². The number of aromatic nitrogens is 1. The van der Waals surface area contributed by atoms with Gasteiger partial charge in [-0.2, -0.15) is 17.0 Å². The van der Waals surface area contributed by atoms with Crippen LogP contribution in [0.3, 0.4) is 0 Å². The van der Waals surface area contributed by atoms with Crippen molar-refractivity contribution in [2.45, 2.75) is 24.3 Å². The summed E-state index contributed by atoms with van der Waals surface area (Å²) in [6.07, 6.45) is 3.99. The molecule has 19 heavy (non-hydrogen) atoms. The van der Waals surface area contributed by atoms with Gasteiger partial charge in [-0.1, -0.05) is 13.0 Å². The first-order chi connectivity index (χ1) is 9.11. The second kappa shape index (κ2) is 5.81. The van der Waals surface area contributed by atoms with Crippen LogP contribution in [0, 0.1) is 11.3 Å². The second-order valence-corrected chi connectivity index (χ2v) is 5.78. The highest BCUT2D eigenvalue weighted by Gasteiger charge is 2.13. The van der Waals surface area contributed by atoms with Crippen molar-refractivity contribution in [3.63, 3.8) is 0 Å². The van der Waals surface area contributed by atoms with Crippen molar-refractivity contribution in [3.05, 3.63) is 41.7 Å². The van der Waals surface area contributed by atoms with Gasteiger partial charge < -0.3 is 9.51 Å². The number of rotatable bonds is 5. The predicted molar refractivity (Wildman–Crippen MR) is 75.1 cm³/mol. The number of hydrogen-bond donors (Lipinski definition) is 1. The fourth-order valence-electron chi connectivity index (χ4n) is 1.95. The summed E-state index contributed by atoms with van der Waals surface area (Å²) in [6, 6.07) is 7.96. The van der Waals surface area contributed by atoms with Crippen molar-refractivity contribution in [1.82, 2.24) is 4.40 Å². The van der Waals surface area contributed by atoms with Crippen LogP contribution in [-0.4, -0.2) is 20.7 Å². The summed E-state index contributed by atoms with van der Waals surface area (Å²) in [5.74, 6) is -0.138. The Bertz CT molecular complexity index is 642. The minimum atomic E-state index is -0.789. The van der Waals surface area contributed by atoms with Crippen LogP contribution in [0.2, 0.25) is 0 Å². The molecule has 0 saturated carbocycles. The Morgan fingerprint density at radius 2 is 2.37 bits per heavy atom. The SMILES string of the molecule is CC(CC(=O)O)SCc1cn2ccccc2c1C#N. The minimum absolute atomic E-state index is 0.0343. The number of fused-ring (bicyclic) bond motifs is 1. The zero-order valence-electron chi connectivity index (χ0n) is 10.5. The lowest BCUT2D eigenvalue weighted by atomic mass is 10.2. The van der Waals surface area contributed by atoms with Crippen LogP contribution < -0.4 is 0 Å². The molecule has 0 aliphatic rings. The van der Waals surface area contributed by atoms with E-state index in [1.54, 1.807) is 11.8 Å². The number of pyridine rings is 1. The average molecular weight is 274 g/mol. The van der Waals surface area contributed by atoms with Crippen LogP contribution >= 0.6 is 11.8 Å². The van der Waals surface area contributed by atoms with E-state index < -0.39 is 5.97 Å². The van der Waals surface area contributed by atoms with Gasteiger partial charge in [-0.25, -0.2) is 0 Å². The Balaban J connectivity index is 2.17. The molecule has 2 heterocycles. The summed E-state index contributed by atoms with van der Waals surface area (Å²) >= 11 is 1.56. The van der Waals surface area contributed by atoms with Crippen molar-refractivity contribution in [2.75, 3.05) is 0 Å². The maximum absolute atomic E-state index is 10.6. The van der Waals surface area contributed by atoms with Crippen molar-refractivity contribution >= 4 is 23.2 Å². The highest BCUT2D eigenvalue weighted by atomic mass is 32.2. The molecular formula is C14H14N2O2S. The van der Waals surface area contributed by atoms with Gasteiger partial charge >= 0.3 is 5.97 Å². The molecule has 0 saturated heterocycles. The van der Waals surface area contributed by atoms with Gasteiger partial charge in [0.15, 0.2) is 0 Å². The van der Waals surface area contributed by atoms with Crippen molar-refractivity contribution in [1.29, 1.82) is 5.26 Å². The summed E-state index contributed by atoms with van der Waals surface area (Å²) in [6.45, 7) is 1.89. The van der Waals surface area contributed by atoms with Crippen LogP contribution in [0.5, 0.6) is 0 Å². The van der Waals surface area contributed by atoms with Crippen molar-refractivity contribution in [3.8, 4) is 6.07 Å². The molecule has 1 atom stereocenters. The normalized spacial score (nSPS) is 12.2. The minimum Gasteiger partial charge on any atom is -0.481 e. The molecule has 2 rings (SSSR count). The van der Waals surface area contributed by atoms with Gasteiger partial charge in [0, 0.05) is 23.4 Å². The number of aliphatic carboxylic acids is 1. The first kappa shape index (κ1) is 13.5. The summed E-state index contributed by atoms with van der Waals surface area (Å²) in [5.41, 5.74) is 2.53. The largest absolute Gasteiger partial charge is 0.481 e. The Hall–Kier alpha value is -1.93. The quantitative estimate of drug-likeness (QED) is 0.910. The van der Waals surface area contributed by atoms with Crippen LogP contribution in [0.1, 0.15) is 24.5 Å². The van der Waals surface area contributed by atoms with E-state index in [0.29, 0.717) is 11.3 Å². The van der Waals surface area contributed by atoms with Crippen molar-refractivity contribution in [2.24, 2.45) is 0 Å². The smallest absolute Gasteiger partial charge is 0.304 e. The lowest BCUT2D eigenvalue weighted by Crippen LogP contribution is -2.05. The number of carbonyl (C=O) groups is 1. The zero-order chi connectivity index (χ0) is 13.8. The maximum Gasteiger partial charge on any atom is 0.304 e. The van der Waals surface area contributed by atoms with E-state index in [4.69, 9.17) is 5.11 Å². The molecule has 98 valence electrons. The Labute approximate surface area is 115 Å². The van der Waals surface area contributed by atoms with E-state index in [2.05, 4.69) is 6.07 Å². The number of hydrogen-bond acceptors (Lipinski definition) is 3. The molecule has 2 aromatic rings. The van der Waals surface area contributed by atoms with E-state index in [1.807, 2.05) is 41.9 Å². The average Bonchev–Trinajstić information content (AvgIpc) is 2.73. The van der Waals surface area contributed by atoms with E-state index in [-0.39, 0.29) is 11.7 Å². The van der Waals surface area contributed by atoms with Crippen molar-refractivity contribution < 1.29 is 9.90 Å². The summed E-state index contributed by atoms with van der Waals surface area (Å²) in [4.78, 5) is 10.6. The van der Waals surface area contributed by atoms with Gasteiger partial charge in [-0.3, -0.25) is 4.79 Å². The monoisotopic (exact) mass is 274 g/mol. The molecule has 4 nitrogen and oxygen atoms in total.